The molecule has 4 nitrogen and oxygen atoms in total. The Morgan fingerprint density at radius 3 is 2.47 bits per heavy atom. The highest BCUT2D eigenvalue weighted by atomic mass is 16.5. The van der Waals surface area contributed by atoms with Gasteiger partial charge in [-0.15, -0.1) is 0 Å². The molecule has 4 heteroatoms. The minimum atomic E-state index is -0.550. The molecule has 0 aromatic heterocycles. The Morgan fingerprint density at radius 1 is 1.41 bits per heavy atom. The number of hydrogen-bond acceptors (Lipinski definition) is 4. The molecule has 0 saturated carbocycles. The number of hydrogen-bond donors (Lipinski definition) is 0. The Bertz CT molecular complexity index is 512. The summed E-state index contributed by atoms with van der Waals surface area (Å²) in [5.41, 5.74) is 1.21. The predicted octanol–water partition coefficient (Wildman–Crippen LogP) is 2.36. The Labute approximate surface area is 100 Å². The molecule has 1 rings (SSSR count). The van der Waals surface area contributed by atoms with Crippen LogP contribution in [0.2, 0.25) is 0 Å². The van der Waals surface area contributed by atoms with Gasteiger partial charge in [-0.2, -0.15) is 5.26 Å². The van der Waals surface area contributed by atoms with Crippen molar-refractivity contribution in [1.29, 1.82) is 5.26 Å². The highest BCUT2D eigenvalue weighted by molar-refractivity contribution is 5.89. The average Bonchev–Trinajstić information content (AvgIpc) is 2.29. The van der Waals surface area contributed by atoms with Crippen LogP contribution in [0.1, 0.15) is 18.1 Å². The van der Waals surface area contributed by atoms with Gasteiger partial charge in [0.25, 0.3) is 0 Å². The van der Waals surface area contributed by atoms with Gasteiger partial charge in [0.2, 0.25) is 0 Å². The molecule has 0 aliphatic carbocycles. The molecule has 0 amide bonds. The van der Waals surface area contributed by atoms with Crippen LogP contribution in [0.25, 0.3) is 0 Å². The number of nitriles is 1. The topological polar surface area (TPSA) is 59.3 Å². The van der Waals surface area contributed by atoms with Crippen LogP contribution in [0.4, 0.5) is 0 Å². The van der Waals surface area contributed by atoms with Crippen molar-refractivity contribution in [2.75, 3.05) is 7.11 Å². The standard InChI is InChI=1S/C13H13NO3/c1-8(2)13(15)17-12-6-5-11(16-4)9(3)10(12)7-14/h5-6H,1H2,2-4H3. The van der Waals surface area contributed by atoms with Crippen LogP contribution in [0.5, 0.6) is 11.5 Å². The summed E-state index contributed by atoms with van der Waals surface area (Å²) in [6, 6.07) is 5.18. The van der Waals surface area contributed by atoms with E-state index < -0.39 is 5.97 Å². The van der Waals surface area contributed by atoms with Gasteiger partial charge in [0.15, 0.2) is 0 Å². The van der Waals surface area contributed by atoms with E-state index in [9.17, 15) is 4.79 Å². The molecular weight excluding hydrogens is 218 g/mol. The minimum Gasteiger partial charge on any atom is -0.496 e. The fourth-order valence-electron chi connectivity index (χ4n) is 1.30. The lowest BCUT2D eigenvalue weighted by molar-refractivity contribution is -0.130. The summed E-state index contributed by atoms with van der Waals surface area (Å²) in [7, 11) is 1.52. The predicted molar refractivity (Wildman–Crippen MR) is 62.9 cm³/mol. The quantitative estimate of drug-likeness (QED) is 0.455. The minimum absolute atomic E-state index is 0.221. The molecule has 0 saturated heterocycles. The van der Waals surface area contributed by atoms with E-state index in [4.69, 9.17) is 14.7 Å². The largest absolute Gasteiger partial charge is 0.496 e. The number of methoxy groups -OCH3 is 1. The molecule has 0 bridgehead atoms. The van der Waals surface area contributed by atoms with Crippen molar-refractivity contribution in [2.45, 2.75) is 13.8 Å². The van der Waals surface area contributed by atoms with Crippen molar-refractivity contribution in [3.8, 4) is 17.6 Å². The van der Waals surface area contributed by atoms with Crippen molar-refractivity contribution in [3.05, 3.63) is 35.4 Å². The van der Waals surface area contributed by atoms with Crippen molar-refractivity contribution < 1.29 is 14.3 Å². The molecule has 0 unspecified atom stereocenters. The van der Waals surface area contributed by atoms with Gasteiger partial charge in [0.05, 0.1) is 7.11 Å². The van der Waals surface area contributed by atoms with Crippen molar-refractivity contribution in [1.82, 2.24) is 0 Å². The maximum atomic E-state index is 11.4. The highest BCUT2D eigenvalue weighted by Gasteiger charge is 2.14. The fraction of sp³-hybridized carbons (Fsp3) is 0.231. The number of carbonyl (C=O) groups excluding carboxylic acids is 1. The van der Waals surface area contributed by atoms with E-state index in [0.29, 0.717) is 16.9 Å². The second kappa shape index (κ2) is 5.17. The number of nitrogens with zero attached hydrogens (tertiary/aromatic N) is 1. The van der Waals surface area contributed by atoms with Gasteiger partial charge in [-0.25, -0.2) is 4.79 Å². The smallest absolute Gasteiger partial charge is 0.338 e. The summed E-state index contributed by atoms with van der Waals surface area (Å²) in [4.78, 5) is 11.4. The summed E-state index contributed by atoms with van der Waals surface area (Å²) >= 11 is 0. The maximum absolute atomic E-state index is 11.4. The van der Waals surface area contributed by atoms with Crippen LogP contribution < -0.4 is 9.47 Å². The van der Waals surface area contributed by atoms with E-state index in [0.717, 1.165) is 0 Å². The van der Waals surface area contributed by atoms with Gasteiger partial charge in [0, 0.05) is 11.1 Å². The molecule has 1 aromatic rings. The molecule has 0 aliphatic rings. The molecule has 0 heterocycles. The van der Waals surface area contributed by atoms with Gasteiger partial charge in [-0.3, -0.25) is 0 Å². The molecule has 1 aromatic carbocycles. The number of ether oxygens (including phenoxy) is 2. The van der Waals surface area contributed by atoms with Crippen LogP contribution in [0.3, 0.4) is 0 Å². The Hall–Kier alpha value is -2.28. The lowest BCUT2D eigenvalue weighted by Crippen LogP contribution is -2.09. The fourth-order valence-corrected chi connectivity index (χ4v) is 1.30. The highest BCUT2D eigenvalue weighted by Crippen LogP contribution is 2.29. The third-order valence-corrected chi connectivity index (χ3v) is 2.26. The van der Waals surface area contributed by atoms with E-state index in [-0.39, 0.29) is 11.3 Å². The number of benzene rings is 1. The Balaban J connectivity index is 3.19. The van der Waals surface area contributed by atoms with Crippen LogP contribution in [0, 0.1) is 18.3 Å². The molecule has 0 N–H and O–H groups in total. The third-order valence-electron chi connectivity index (χ3n) is 2.26. The van der Waals surface area contributed by atoms with E-state index in [1.807, 2.05) is 6.07 Å². The number of esters is 1. The van der Waals surface area contributed by atoms with E-state index in [2.05, 4.69) is 6.58 Å². The lowest BCUT2D eigenvalue weighted by atomic mass is 10.1. The number of rotatable bonds is 3. The molecule has 88 valence electrons. The summed E-state index contributed by atoms with van der Waals surface area (Å²) in [5, 5.41) is 9.05. The second-order valence-electron chi connectivity index (χ2n) is 3.55. The van der Waals surface area contributed by atoms with Crippen molar-refractivity contribution >= 4 is 5.97 Å². The first-order valence-corrected chi connectivity index (χ1v) is 4.96. The van der Waals surface area contributed by atoms with E-state index in [1.54, 1.807) is 19.9 Å². The van der Waals surface area contributed by atoms with Gasteiger partial charge in [0.1, 0.15) is 23.1 Å². The van der Waals surface area contributed by atoms with Crippen molar-refractivity contribution in [3.63, 3.8) is 0 Å². The second-order valence-corrected chi connectivity index (χ2v) is 3.55. The van der Waals surface area contributed by atoms with E-state index in [1.165, 1.54) is 13.2 Å². The molecule has 0 aliphatic heterocycles. The first kappa shape index (κ1) is 12.8. The first-order valence-electron chi connectivity index (χ1n) is 4.96. The van der Waals surface area contributed by atoms with Crippen molar-refractivity contribution in [2.24, 2.45) is 0 Å². The zero-order valence-electron chi connectivity index (χ0n) is 10.0. The molecular formula is C13H13NO3. The van der Waals surface area contributed by atoms with Gasteiger partial charge in [-0.05, 0) is 26.0 Å². The normalized spacial score (nSPS) is 9.29. The Morgan fingerprint density at radius 2 is 2.00 bits per heavy atom. The molecule has 0 radical (unpaired) electrons. The zero-order chi connectivity index (χ0) is 13.0. The molecule has 17 heavy (non-hydrogen) atoms. The summed E-state index contributed by atoms with van der Waals surface area (Å²) in [6.07, 6.45) is 0. The third kappa shape index (κ3) is 2.64. The molecule has 0 spiro atoms. The van der Waals surface area contributed by atoms with Gasteiger partial charge < -0.3 is 9.47 Å². The SMILES string of the molecule is C=C(C)C(=O)Oc1ccc(OC)c(C)c1C#N. The van der Waals surface area contributed by atoms with Crippen LogP contribution in [0.15, 0.2) is 24.3 Å². The zero-order valence-corrected chi connectivity index (χ0v) is 10.0. The van der Waals surface area contributed by atoms with Gasteiger partial charge in [-0.1, -0.05) is 6.58 Å². The summed E-state index contributed by atoms with van der Waals surface area (Å²) < 4.78 is 10.1. The van der Waals surface area contributed by atoms with E-state index >= 15 is 0 Å². The summed E-state index contributed by atoms with van der Waals surface area (Å²) in [6.45, 7) is 6.76. The first-order chi connectivity index (χ1) is 8.01. The van der Waals surface area contributed by atoms with Crippen LogP contribution in [-0.2, 0) is 4.79 Å². The molecule has 0 atom stereocenters. The monoisotopic (exact) mass is 231 g/mol. The number of carbonyl (C=O) groups is 1. The van der Waals surface area contributed by atoms with Crippen LogP contribution >= 0.6 is 0 Å². The van der Waals surface area contributed by atoms with Crippen LogP contribution in [-0.4, -0.2) is 13.1 Å². The average molecular weight is 231 g/mol. The molecule has 0 fully saturated rings. The van der Waals surface area contributed by atoms with Gasteiger partial charge >= 0.3 is 5.97 Å². The maximum Gasteiger partial charge on any atom is 0.338 e. The lowest BCUT2D eigenvalue weighted by Gasteiger charge is -2.10. The Kier molecular flexibility index (Phi) is 3.89. The summed E-state index contributed by atoms with van der Waals surface area (Å²) in [5.74, 6) is 0.251.